The highest BCUT2D eigenvalue weighted by atomic mass is 35.5. The summed E-state index contributed by atoms with van der Waals surface area (Å²) in [7, 11) is -3.03. The van der Waals surface area contributed by atoms with Gasteiger partial charge in [-0.2, -0.15) is 5.10 Å². The van der Waals surface area contributed by atoms with Crippen molar-refractivity contribution in [1.29, 1.82) is 0 Å². The smallest absolute Gasteiger partial charge is 0.276 e. The van der Waals surface area contributed by atoms with E-state index < -0.39 is 9.84 Å². The number of carbonyl (C=O) groups is 1. The second-order valence-electron chi connectivity index (χ2n) is 7.03. The number of benzene rings is 1. The van der Waals surface area contributed by atoms with Crippen molar-refractivity contribution in [2.45, 2.75) is 39.2 Å². The first-order valence-electron chi connectivity index (χ1n) is 8.53. The average Bonchev–Trinajstić information content (AvgIpc) is 3.14. The third-order valence-corrected chi connectivity index (χ3v) is 6.73. The largest absolute Gasteiger partial charge is 0.321 e. The molecule has 2 heterocycles. The molecule has 26 heavy (non-hydrogen) atoms. The molecule has 0 spiro atoms. The zero-order valence-corrected chi connectivity index (χ0v) is 16.6. The van der Waals surface area contributed by atoms with E-state index in [4.69, 9.17) is 11.6 Å². The number of halogens is 1. The van der Waals surface area contributed by atoms with Crippen LogP contribution < -0.4 is 5.32 Å². The van der Waals surface area contributed by atoms with Crippen molar-refractivity contribution < 1.29 is 13.2 Å². The van der Waals surface area contributed by atoms with Crippen LogP contribution in [0.1, 0.15) is 54.0 Å². The number of rotatable bonds is 4. The Balaban J connectivity index is 1.87. The van der Waals surface area contributed by atoms with Gasteiger partial charge in [-0.1, -0.05) is 31.5 Å². The summed E-state index contributed by atoms with van der Waals surface area (Å²) in [5, 5.41) is 7.79. The lowest BCUT2D eigenvalue weighted by atomic mass is 10.1. The number of sulfone groups is 1. The first kappa shape index (κ1) is 18.9. The zero-order valence-electron chi connectivity index (χ0n) is 15.0. The van der Waals surface area contributed by atoms with E-state index >= 15 is 0 Å². The van der Waals surface area contributed by atoms with Gasteiger partial charge in [-0.25, -0.2) is 8.42 Å². The van der Waals surface area contributed by atoms with Gasteiger partial charge in [0, 0.05) is 16.4 Å². The highest BCUT2D eigenvalue weighted by Gasteiger charge is 2.32. The molecule has 8 heteroatoms. The third kappa shape index (κ3) is 3.94. The molecule has 1 aliphatic heterocycles. The predicted molar refractivity (Wildman–Crippen MR) is 103 cm³/mol. The van der Waals surface area contributed by atoms with Crippen LogP contribution >= 0.6 is 11.6 Å². The Labute approximate surface area is 158 Å². The quantitative estimate of drug-likeness (QED) is 0.857. The van der Waals surface area contributed by atoms with Gasteiger partial charge in [-0.15, -0.1) is 0 Å². The van der Waals surface area contributed by atoms with E-state index in [0.717, 1.165) is 11.3 Å². The van der Waals surface area contributed by atoms with Gasteiger partial charge in [0.1, 0.15) is 0 Å². The Hall–Kier alpha value is -1.86. The van der Waals surface area contributed by atoms with Crippen molar-refractivity contribution in [3.63, 3.8) is 0 Å². The van der Waals surface area contributed by atoms with E-state index in [9.17, 15) is 13.2 Å². The maximum absolute atomic E-state index is 12.6. The van der Waals surface area contributed by atoms with E-state index in [2.05, 4.69) is 10.4 Å². The lowest BCUT2D eigenvalue weighted by Crippen LogP contribution is -2.17. The van der Waals surface area contributed by atoms with Crippen molar-refractivity contribution >= 4 is 33.0 Å². The minimum absolute atomic E-state index is 0.0724. The lowest BCUT2D eigenvalue weighted by molar-refractivity contribution is 0.102. The Morgan fingerprint density at radius 1 is 1.35 bits per heavy atom. The minimum atomic E-state index is -3.03. The van der Waals surface area contributed by atoms with Crippen LogP contribution in [0.5, 0.6) is 0 Å². The number of nitrogens with one attached hydrogen (secondary N) is 1. The van der Waals surface area contributed by atoms with Crippen LogP contribution in [-0.2, 0) is 9.84 Å². The number of amides is 1. The summed E-state index contributed by atoms with van der Waals surface area (Å²) in [6.45, 7) is 5.89. The van der Waals surface area contributed by atoms with E-state index in [-0.39, 0.29) is 35.1 Å². The number of carbonyl (C=O) groups excluding carboxylic acids is 1. The van der Waals surface area contributed by atoms with Crippen LogP contribution in [0.25, 0.3) is 0 Å². The number of anilines is 1. The molecule has 2 aromatic rings. The molecule has 1 atom stereocenters. The molecule has 1 amide bonds. The van der Waals surface area contributed by atoms with Crippen molar-refractivity contribution in [2.24, 2.45) is 0 Å². The van der Waals surface area contributed by atoms with Gasteiger partial charge >= 0.3 is 0 Å². The molecule has 6 nitrogen and oxygen atoms in total. The molecule has 1 N–H and O–H groups in total. The predicted octanol–water partition coefficient (Wildman–Crippen LogP) is 3.58. The van der Waals surface area contributed by atoms with Crippen molar-refractivity contribution in [2.75, 3.05) is 16.8 Å². The summed E-state index contributed by atoms with van der Waals surface area (Å²) in [6.07, 6.45) is 0.526. The topological polar surface area (TPSA) is 81.1 Å². The van der Waals surface area contributed by atoms with Crippen LogP contribution in [0, 0.1) is 6.92 Å². The highest BCUT2D eigenvalue weighted by Crippen LogP contribution is 2.28. The van der Waals surface area contributed by atoms with Crippen molar-refractivity contribution in [3.8, 4) is 0 Å². The van der Waals surface area contributed by atoms with Gasteiger partial charge in [-0.3, -0.25) is 9.48 Å². The van der Waals surface area contributed by atoms with E-state index in [1.807, 2.05) is 26.8 Å². The molecule has 1 aliphatic rings. The summed E-state index contributed by atoms with van der Waals surface area (Å²) in [6, 6.07) is 6.83. The first-order valence-corrected chi connectivity index (χ1v) is 10.7. The SMILES string of the molecule is Cc1ccc(NC(=O)c2cc(C(C)C)n([C@@H]3CCS(=O)(=O)C3)n2)cc1Cl. The maximum Gasteiger partial charge on any atom is 0.276 e. The minimum Gasteiger partial charge on any atom is -0.321 e. The monoisotopic (exact) mass is 395 g/mol. The summed E-state index contributed by atoms with van der Waals surface area (Å²) in [5.41, 5.74) is 2.65. The molecule has 1 fully saturated rings. The molecule has 0 bridgehead atoms. The van der Waals surface area contributed by atoms with Crippen LogP contribution in [0.3, 0.4) is 0 Å². The molecule has 0 unspecified atom stereocenters. The summed E-state index contributed by atoms with van der Waals surface area (Å²) in [5.74, 6) is 0.0224. The van der Waals surface area contributed by atoms with Gasteiger partial charge in [0.15, 0.2) is 15.5 Å². The normalized spacial score (nSPS) is 19.0. The summed E-state index contributed by atoms with van der Waals surface area (Å²) >= 11 is 6.10. The highest BCUT2D eigenvalue weighted by molar-refractivity contribution is 7.91. The molecule has 1 aromatic heterocycles. The first-order chi connectivity index (χ1) is 12.2. The van der Waals surface area contributed by atoms with E-state index in [1.165, 1.54) is 0 Å². The molecular weight excluding hydrogens is 374 g/mol. The fraction of sp³-hybridized carbons (Fsp3) is 0.444. The van der Waals surface area contributed by atoms with Crippen LogP contribution in [0.4, 0.5) is 5.69 Å². The Bertz CT molecular complexity index is 951. The van der Waals surface area contributed by atoms with Crippen LogP contribution in [-0.4, -0.2) is 35.6 Å². The number of hydrogen-bond acceptors (Lipinski definition) is 4. The number of aromatic nitrogens is 2. The molecule has 1 saturated heterocycles. The Morgan fingerprint density at radius 3 is 2.65 bits per heavy atom. The van der Waals surface area contributed by atoms with Gasteiger partial charge in [0.25, 0.3) is 5.91 Å². The van der Waals surface area contributed by atoms with Gasteiger partial charge in [-0.05, 0) is 43.0 Å². The molecule has 0 radical (unpaired) electrons. The second kappa shape index (κ2) is 7.04. The number of nitrogens with zero attached hydrogens (tertiary/aromatic N) is 2. The summed E-state index contributed by atoms with van der Waals surface area (Å²) in [4.78, 5) is 12.6. The molecule has 0 saturated carbocycles. The standard InChI is InChI=1S/C18H22ClN3O3S/c1-11(2)17-9-16(21-22(17)14-6-7-26(24,25)10-14)18(23)20-13-5-4-12(3)15(19)8-13/h4-5,8-9,11,14H,6-7,10H2,1-3H3,(H,20,23)/t14-/m1/s1. The third-order valence-electron chi connectivity index (χ3n) is 4.57. The molecule has 3 rings (SSSR count). The fourth-order valence-corrected chi connectivity index (χ4v) is 4.95. The second-order valence-corrected chi connectivity index (χ2v) is 9.66. The summed E-state index contributed by atoms with van der Waals surface area (Å²) < 4.78 is 25.3. The van der Waals surface area contributed by atoms with Crippen molar-refractivity contribution in [3.05, 3.63) is 46.2 Å². The van der Waals surface area contributed by atoms with Gasteiger partial charge in [0.2, 0.25) is 0 Å². The van der Waals surface area contributed by atoms with Gasteiger partial charge in [0.05, 0.1) is 17.5 Å². The zero-order chi connectivity index (χ0) is 19.1. The fourth-order valence-electron chi connectivity index (χ4n) is 3.08. The number of aryl methyl sites for hydroxylation is 1. The van der Waals surface area contributed by atoms with Crippen LogP contribution in [0.2, 0.25) is 5.02 Å². The maximum atomic E-state index is 12.6. The molecule has 0 aliphatic carbocycles. The average molecular weight is 396 g/mol. The lowest BCUT2D eigenvalue weighted by Gasteiger charge is -2.15. The van der Waals surface area contributed by atoms with Gasteiger partial charge < -0.3 is 5.32 Å². The van der Waals surface area contributed by atoms with E-state index in [0.29, 0.717) is 17.1 Å². The number of hydrogen-bond donors (Lipinski definition) is 1. The van der Waals surface area contributed by atoms with Crippen LogP contribution in [0.15, 0.2) is 24.3 Å². The molecular formula is C18H22ClN3O3S. The van der Waals surface area contributed by atoms with E-state index in [1.54, 1.807) is 22.9 Å². The Kier molecular flexibility index (Phi) is 5.12. The van der Waals surface area contributed by atoms with Crippen molar-refractivity contribution in [1.82, 2.24) is 9.78 Å². The Morgan fingerprint density at radius 2 is 2.08 bits per heavy atom. The molecule has 1 aromatic carbocycles. The molecule has 140 valence electrons.